The molecule has 2 heterocycles. The second-order valence-electron chi connectivity index (χ2n) is 5.89. The van der Waals surface area contributed by atoms with Crippen molar-refractivity contribution in [2.75, 3.05) is 18.5 Å². The lowest BCUT2D eigenvalue weighted by atomic mass is 10.3. The monoisotopic (exact) mass is 431 g/mol. The number of hydrogen-bond donors (Lipinski definition) is 2. The molecule has 0 fully saturated rings. The summed E-state index contributed by atoms with van der Waals surface area (Å²) in [7, 11) is 0. The third-order valence-electron chi connectivity index (χ3n) is 4.02. The number of imide groups is 1. The largest absolute Gasteiger partial charge is 0.395 e. The Morgan fingerprint density at radius 3 is 2.82 bits per heavy atom. The minimum atomic E-state index is -0.477. The molecule has 9 heteroatoms. The van der Waals surface area contributed by atoms with Crippen molar-refractivity contribution < 1.29 is 14.7 Å². The van der Waals surface area contributed by atoms with Gasteiger partial charge in [-0.15, -0.1) is 11.3 Å². The molecule has 28 heavy (non-hydrogen) atoms. The maximum Gasteiger partial charge on any atom is 0.277 e. The number of fused-ring (bicyclic) bond motifs is 1. The number of hydrogen-bond acceptors (Lipinski definition) is 7. The summed E-state index contributed by atoms with van der Waals surface area (Å²) < 4.78 is 1.95. The lowest BCUT2D eigenvalue weighted by Gasteiger charge is -2.15. The van der Waals surface area contributed by atoms with Crippen LogP contribution in [0.25, 0.3) is 10.2 Å². The molecular weight excluding hydrogens is 418 g/mol. The third-order valence-corrected chi connectivity index (χ3v) is 6.42. The van der Waals surface area contributed by atoms with Gasteiger partial charge in [-0.2, -0.15) is 0 Å². The smallest absolute Gasteiger partial charge is 0.277 e. The van der Waals surface area contributed by atoms with Gasteiger partial charge in [0, 0.05) is 16.0 Å². The summed E-state index contributed by atoms with van der Waals surface area (Å²) in [4.78, 5) is 30.8. The Kier molecular flexibility index (Phi) is 5.36. The first-order valence-corrected chi connectivity index (χ1v) is 10.3. The molecule has 142 valence electrons. The van der Waals surface area contributed by atoms with Gasteiger partial charge < -0.3 is 10.4 Å². The fourth-order valence-electron chi connectivity index (χ4n) is 2.73. The van der Waals surface area contributed by atoms with Gasteiger partial charge in [0.05, 0.1) is 29.1 Å². The van der Waals surface area contributed by atoms with E-state index in [1.807, 2.05) is 30.3 Å². The first kappa shape index (κ1) is 18.9. The minimum Gasteiger partial charge on any atom is -0.395 e. The number of aromatic nitrogens is 1. The van der Waals surface area contributed by atoms with E-state index in [0.29, 0.717) is 10.7 Å². The standard InChI is InChI=1S/C19H14ClN3O3S2/c20-11-5-6-16(28-19-22-12-3-1-2-4-15(12)27-19)13(9-11)21-14-10-17(25)23(7-8-24)18(14)26/h1-6,9-10,21,24H,7-8H2. The van der Waals surface area contributed by atoms with Crippen LogP contribution in [0.4, 0.5) is 5.69 Å². The number of carbonyl (C=O) groups excluding carboxylic acids is 2. The maximum atomic E-state index is 12.4. The summed E-state index contributed by atoms with van der Waals surface area (Å²) >= 11 is 9.17. The number of thiazole rings is 1. The Labute approximate surface area is 173 Å². The third kappa shape index (κ3) is 3.77. The molecule has 0 bridgehead atoms. The summed E-state index contributed by atoms with van der Waals surface area (Å²) in [6, 6.07) is 13.2. The van der Waals surface area contributed by atoms with Gasteiger partial charge in [-0.1, -0.05) is 35.5 Å². The summed E-state index contributed by atoms with van der Waals surface area (Å²) in [5.41, 5.74) is 1.68. The van der Waals surface area contributed by atoms with Gasteiger partial charge in [0.25, 0.3) is 11.8 Å². The molecule has 0 unspecified atom stereocenters. The molecule has 4 rings (SSSR count). The van der Waals surface area contributed by atoms with Gasteiger partial charge in [-0.05, 0) is 30.3 Å². The highest BCUT2D eigenvalue weighted by molar-refractivity contribution is 8.01. The average Bonchev–Trinajstić information content (AvgIpc) is 3.20. The predicted octanol–water partition coefficient (Wildman–Crippen LogP) is 3.76. The van der Waals surface area contributed by atoms with Crippen molar-refractivity contribution in [2.24, 2.45) is 0 Å². The van der Waals surface area contributed by atoms with Gasteiger partial charge in [0.1, 0.15) is 5.70 Å². The number of β-amino-alcohol motifs (C(OH)–C–C–N with tert-alkyl or cyclic N) is 1. The number of benzene rings is 2. The molecule has 0 saturated heterocycles. The van der Waals surface area contributed by atoms with E-state index in [9.17, 15) is 9.59 Å². The van der Waals surface area contributed by atoms with E-state index in [1.54, 1.807) is 23.5 Å². The van der Waals surface area contributed by atoms with Crippen molar-refractivity contribution in [1.29, 1.82) is 0 Å². The number of rotatable bonds is 6. The van der Waals surface area contributed by atoms with Crippen LogP contribution in [0.2, 0.25) is 5.02 Å². The van der Waals surface area contributed by atoms with Gasteiger partial charge in [-0.25, -0.2) is 4.98 Å². The van der Waals surface area contributed by atoms with Crippen LogP contribution in [0.1, 0.15) is 0 Å². The van der Waals surface area contributed by atoms with Crippen LogP contribution in [0.3, 0.4) is 0 Å². The van der Waals surface area contributed by atoms with Crippen LogP contribution < -0.4 is 5.32 Å². The number of nitrogens with one attached hydrogen (secondary N) is 1. The Morgan fingerprint density at radius 1 is 1.21 bits per heavy atom. The molecule has 1 aromatic heterocycles. The van der Waals surface area contributed by atoms with Gasteiger partial charge in [0.2, 0.25) is 0 Å². The number of carbonyl (C=O) groups is 2. The summed E-state index contributed by atoms with van der Waals surface area (Å²) in [6.45, 7) is -0.323. The SMILES string of the molecule is O=C1C=C(Nc2cc(Cl)ccc2Sc2nc3ccccc3s2)C(=O)N1CCO. The number of anilines is 1. The fraction of sp³-hybridized carbons (Fsp3) is 0.105. The first-order chi connectivity index (χ1) is 13.5. The quantitative estimate of drug-likeness (QED) is 0.578. The van der Waals surface area contributed by atoms with Gasteiger partial charge in [-0.3, -0.25) is 14.5 Å². The van der Waals surface area contributed by atoms with Crippen molar-refractivity contribution >= 4 is 62.4 Å². The average molecular weight is 432 g/mol. The fourth-order valence-corrected chi connectivity index (χ4v) is 5.00. The second-order valence-corrected chi connectivity index (χ2v) is 8.65. The lowest BCUT2D eigenvalue weighted by molar-refractivity contribution is -0.137. The zero-order valence-electron chi connectivity index (χ0n) is 14.4. The molecule has 0 saturated carbocycles. The molecule has 1 aliphatic heterocycles. The minimum absolute atomic E-state index is 0.0395. The van der Waals surface area contributed by atoms with Crippen molar-refractivity contribution in [3.05, 3.63) is 59.3 Å². The van der Waals surface area contributed by atoms with E-state index in [-0.39, 0.29) is 18.8 Å². The van der Waals surface area contributed by atoms with Gasteiger partial charge >= 0.3 is 0 Å². The Morgan fingerprint density at radius 2 is 2.04 bits per heavy atom. The van der Waals surface area contributed by atoms with Crippen molar-refractivity contribution in [1.82, 2.24) is 9.88 Å². The molecule has 0 spiro atoms. The number of amides is 2. The molecule has 1 aliphatic rings. The number of para-hydroxylation sites is 1. The highest BCUT2D eigenvalue weighted by Crippen LogP contribution is 2.39. The van der Waals surface area contributed by atoms with Crippen LogP contribution in [0.5, 0.6) is 0 Å². The Balaban J connectivity index is 1.61. The number of aliphatic hydroxyl groups excluding tert-OH is 1. The Hall–Kier alpha value is -2.39. The van der Waals surface area contributed by atoms with Crippen molar-refractivity contribution in [2.45, 2.75) is 9.24 Å². The number of aliphatic hydroxyl groups is 1. The van der Waals surface area contributed by atoms with E-state index in [1.165, 1.54) is 17.8 Å². The molecule has 3 aromatic rings. The van der Waals surface area contributed by atoms with Crippen molar-refractivity contribution in [3.8, 4) is 0 Å². The zero-order valence-corrected chi connectivity index (χ0v) is 16.8. The Bertz CT molecular complexity index is 1080. The van der Waals surface area contributed by atoms with Crippen LogP contribution in [0.15, 0.2) is 63.5 Å². The van der Waals surface area contributed by atoms with E-state index >= 15 is 0 Å². The number of nitrogens with zero attached hydrogens (tertiary/aromatic N) is 2. The lowest BCUT2D eigenvalue weighted by Crippen LogP contribution is -2.34. The highest BCUT2D eigenvalue weighted by atomic mass is 35.5. The summed E-state index contributed by atoms with van der Waals surface area (Å²) in [5.74, 6) is -0.932. The molecule has 6 nitrogen and oxygen atoms in total. The highest BCUT2D eigenvalue weighted by Gasteiger charge is 2.31. The second kappa shape index (κ2) is 7.92. The van der Waals surface area contributed by atoms with Crippen molar-refractivity contribution in [3.63, 3.8) is 0 Å². The molecule has 2 amide bonds. The van der Waals surface area contributed by atoms with Crippen LogP contribution >= 0.6 is 34.7 Å². The predicted molar refractivity (Wildman–Crippen MR) is 111 cm³/mol. The topological polar surface area (TPSA) is 82.5 Å². The molecular formula is C19H14ClN3O3S2. The summed E-state index contributed by atoms with van der Waals surface area (Å²) in [6.07, 6.45) is 1.23. The molecule has 2 aromatic carbocycles. The number of halogens is 1. The molecule has 2 N–H and O–H groups in total. The molecule has 0 aliphatic carbocycles. The normalized spacial score (nSPS) is 14.1. The van der Waals surface area contributed by atoms with E-state index in [4.69, 9.17) is 16.7 Å². The molecule has 0 atom stereocenters. The van der Waals surface area contributed by atoms with E-state index < -0.39 is 11.8 Å². The maximum absolute atomic E-state index is 12.4. The van der Waals surface area contributed by atoms with Crippen LogP contribution in [0, 0.1) is 0 Å². The van der Waals surface area contributed by atoms with Gasteiger partial charge in [0.15, 0.2) is 4.34 Å². The summed E-state index contributed by atoms with van der Waals surface area (Å²) in [5, 5.41) is 12.5. The van der Waals surface area contributed by atoms with E-state index in [2.05, 4.69) is 10.3 Å². The zero-order chi connectivity index (χ0) is 19.7. The van der Waals surface area contributed by atoms with Crippen LogP contribution in [-0.2, 0) is 9.59 Å². The van der Waals surface area contributed by atoms with Crippen LogP contribution in [-0.4, -0.2) is 40.0 Å². The first-order valence-electron chi connectivity index (χ1n) is 8.33. The molecule has 0 radical (unpaired) electrons. The van der Waals surface area contributed by atoms with E-state index in [0.717, 1.165) is 24.4 Å².